The Labute approximate surface area is 127 Å². The van der Waals surface area contributed by atoms with E-state index in [0.29, 0.717) is 11.7 Å². The SMILES string of the molecule is CC(N)CCCC(C)c1nc(-c2ccccc2Br)no1. The van der Waals surface area contributed by atoms with Gasteiger partial charge in [-0.3, -0.25) is 0 Å². The minimum atomic E-state index is 0.251. The Bertz CT molecular complexity index is 554. The summed E-state index contributed by atoms with van der Waals surface area (Å²) in [5, 5.41) is 4.07. The molecule has 2 rings (SSSR count). The second kappa shape index (κ2) is 6.99. The number of nitrogens with two attached hydrogens (primary N) is 1. The van der Waals surface area contributed by atoms with Gasteiger partial charge in [-0.05, 0) is 31.9 Å². The van der Waals surface area contributed by atoms with E-state index in [2.05, 4.69) is 33.0 Å². The summed E-state index contributed by atoms with van der Waals surface area (Å²) in [6.07, 6.45) is 3.11. The second-order valence-electron chi connectivity index (χ2n) is 5.25. The number of rotatable bonds is 6. The zero-order valence-electron chi connectivity index (χ0n) is 11.8. The number of benzene rings is 1. The molecule has 5 heteroatoms. The van der Waals surface area contributed by atoms with Crippen molar-refractivity contribution in [3.05, 3.63) is 34.6 Å². The summed E-state index contributed by atoms with van der Waals surface area (Å²) >= 11 is 3.50. The van der Waals surface area contributed by atoms with Gasteiger partial charge < -0.3 is 10.3 Å². The third kappa shape index (κ3) is 3.90. The smallest absolute Gasteiger partial charge is 0.229 e. The van der Waals surface area contributed by atoms with Crippen LogP contribution in [0.3, 0.4) is 0 Å². The first-order valence-electron chi connectivity index (χ1n) is 6.92. The summed E-state index contributed by atoms with van der Waals surface area (Å²) in [4.78, 5) is 4.50. The number of hydrogen-bond donors (Lipinski definition) is 1. The number of nitrogens with zero attached hydrogens (tertiary/aromatic N) is 2. The number of halogens is 1. The molecule has 0 amide bonds. The molecule has 0 bridgehead atoms. The van der Waals surface area contributed by atoms with Gasteiger partial charge in [-0.25, -0.2) is 0 Å². The molecule has 1 aromatic heterocycles. The molecule has 0 aliphatic rings. The molecule has 0 fully saturated rings. The number of hydrogen-bond acceptors (Lipinski definition) is 4. The van der Waals surface area contributed by atoms with Gasteiger partial charge in [0.15, 0.2) is 0 Å². The Hall–Kier alpha value is -1.20. The van der Waals surface area contributed by atoms with E-state index in [1.807, 2.05) is 31.2 Å². The lowest BCUT2D eigenvalue weighted by Crippen LogP contribution is -2.14. The molecule has 0 saturated heterocycles. The van der Waals surface area contributed by atoms with Crippen LogP contribution in [0.15, 0.2) is 33.3 Å². The van der Waals surface area contributed by atoms with E-state index in [-0.39, 0.29) is 12.0 Å². The summed E-state index contributed by atoms with van der Waals surface area (Å²) < 4.78 is 6.35. The molecular weight excluding hydrogens is 318 g/mol. The van der Waals surface area contributed by atoms with Crippen molar-refractivity contribution in [3.63, 3.8) is 0 Å². The molecule has 0 radical (unpaired) electrons. The maximum Gasteiger partial charge on any atom is 0.229 e. The lowest BCUT2D eigenvalue weighted by atomic mass is 10.0. The van der Waals surface area contributed by atoms with Crippen molar-refractivity contribution in [2.45, 2.75) is 45.1 Å². The number of aromatic nitrogens is 2. The van der Waals surface area contributed by atoms with Crippen molar-refractivity contribution < 1.29 is 4.52 Å². The molecule has 2 atom stereocenters. The van der Waals surface area contributed by atoms with Gasteiger partial charge in [-0.2, -0.15) is 4.98 Å². The van der Waals surface area contributed by atoms with Crippen molar-refractivity contribution >= 4 is 15.9 Å². The Morgan fingerprint density at radius 3 is 2.70 bits per heavy atom. The molecule has 108 valence electrons. The highest BCUT2D eigenvalue weighted by Crippen LogP contribution is 2.28. The minimum absolute atomic E-state index is 0.251. The zero-order chi connectivity index (χ0) is 14.5. The molecule has 20 heavy (non-hydrogen) atoms. The summed E-state index contributed by atoms with van der Waals surface area (Å²) in [6.45, 7) is 4.14. The molecular formula is C15H20BrN3O. The van der Waals surface area contributed by atoms with E-state index in [1.165, 1.54) is 0 Å². The van der Waals surface area contributed by atoms with Gasteiger partial charge in [0, 0.05) is 22.0 Å². The van der Waals surface area contributed by atoms with Crippen LogP contribution in [-0.4, -0.2) is 16.2 Å². The topological polar surface area (TPSA) is 64.9 Å². The highest BCUT2D eigenvalue weighted by molar-refractivity contribution is 9.10. The molecule has 4 nitrogen and oxygen atoms in total. The van der Waals surface area contributed by atoms with Crippen LogP contribution in [0.1, 0.15) is 44.9 Å². The minimum Gasteiger partial charge on any atom is -0.339 e. The average Bonchev–Trinajstić information content (AvgIpc) is 2.88. The first-order chi connectivity index (χ1) is 9.58. The van der Waals surface area contributed by atoms with Crippen molar-refractivity contribution in [2.75, 3.05) is 0 Å². The normalized spacial score (nSPS) is 14.2. The Morgan fingerprint density at radius 1 is 1.25 bits per heavy atom. The maximum absolute atomic E-state index is 5.76. The van der Waals surface area contributed by atoms with E-state index < -0.39 is 0 Å². The third-order valence-corrected chi connectivity index (χ3v) is 3.97. The van der Waals surface area contributed by atoms with Crippen LogP contribution < -0.4 is 5.73 Å². The molecule has 0 aliphatic heterocycles. The van der Waals surface area contributed by atoms with Crippen LogP contribution in [0.4, 0.5) is 0 Å². The fourth-order valence-electron chi connectivity index (χ4n) is 2.06. The maximum atomic E-state index is 5.76. The summed E-state index contributed by atoms with van der Waals surface area (Å²) in [5.74, 6) is 1.59. The zero-order valence-corrected chi connectivity index (χ0v) is 13.4. The van der Waals surface area contributed by atoms with Gasteiger partial charge in [-0.1, -0.05) is 46.6 Å². The van der Waals surface area contributed by atoms with E-state index in [9.17, 15) is 0 Å². The van der Waals surface area contributed by atoms with Crippen molar-refractivity contribution in [1.82, 2.24) is 10.1 Å². The highest BCUT2D eigenvalue weighted by Gasteiger charge is 2.16. The molecule has 2 N–H and O–H groups in total. The van der Waals surface area contributed by atoms with Gasteiger partial charge in [0.05, 0.1) is 0 Å². The van der Waals surface area contributed by atoms with E-state index >= 15 is 0 Å². The first kappa shape index (κ1) is 15.2. The highest BCUT2D eigenvalue weighted by atomic mass is 79.9. The van der Waals surface area contributed by atoms with Gasteiger partial charge >= 0.3 is 0 Å². The van der Waals surface area contributed by atoms with Crippen LogP contribution in [0, 0.1) is 0 Å². The Kier molecular flexibility index (Phi) is 5.31. The van der Waals surface area contributed by atoms with Gasteiger partial charge in [0.25, 0.3) is 0 Å². The standard InChI is InChI=1S/C15H20BrN3O/c1-10(6-5-7-11(2)17)15-18-14(19-20-15)12-8-3-4-9-13(12)16/h3-4,8-11H,5-7,17H2,1-2H3. The van der Waals surface area contributed by atoms with Gasteiger partial charge in [0.2, 0.25) is 11.7 Å². The molecule has 2 aromatic rings. The van der Waals surface area contributed by atoms with E-state index in [4.69, 9.17) is 10.3 Å². The van der Waals surface area contributed by atoms with Crippen LogP contribution in [0.25, 0.3) is 11.4 Å². The lowest BCUT2D eigenvalue weighted by Gasteiger charge is -2.07. The quantitative estimate of drug-likeness (QED) is 0.860. The van der Waals surface area contributed by atoms with Crippen molar-refractivity contribution in [1.29, 1.82) is 0 Å². The van der Waals surface area contributed by atoms with Crippen LogP contribution in [-0.2, 0) is 0 Å². The second-order valence-corrected chi connectivity index (χ2v) is 6.10. The summed E-state index contributed by atoms with van der Waals surface area (Å²) in [6, 6.07) is 8.12. The van der Waals surface area contributed by atoms with Crippen LogP contribution in [0.2, 0.25) is 0 Å². The predicted molar refractivity (Wildman–Crippen MR) is 83.3 cm³/mol. The van der Waals surface area contributed by atoms with E-state index in [1.54, 1.807) is 0 Å². The molecule has 0 saturated carbocycles. The van der Waals surface area contributed by atoms with Crippen molar-refractivity contribution in [3.8, 4) is 11.4 Å². The van der Waals surface area contributed by atoms with Crippen molar-refractivity contribution in [2.24, 2.45) is 5.73 Å². The molecule has 2 unspecified atom stereocenters. The molecule has 1 heterocycles. The summed E-state index contributed by atoms with van der Waals surface area (Å²) in [5.41, 5.74) is 6.71. The monoisotopic (exact) mass is 337 g/mol. The van der Waals surface area contributed by atoms with Crippen LogP contribution >= 0.6 is 15.9 Å². The van der Waals surface area contributed by atoms with Gasteiger partial charge in [0.1, 0.15) is 0 Å². The largest absolute Gasteiger partial charge is 0.339 e. The fourth-order valence-corrected chi connectivity index (χ4v) is 2.52. The predicted octanol–water partition coefficient (Wildman–Crippen LogP) is 4.12. The molecule has 0 spiro atoms. The first-order valence-corrected chi connectivity index (χ1v) is 7.71. The summed E-state index contributed by atoms with van der Waals surface area (Å²) in [7, 11) is 0. The lowest BCUT2D eigenvalue weighted by molar-refractivity contribution is 0.350. The van der Waals surface area contributed by atoms with Gasteiger partial charge in [-0.15, -0.1) is 0 Å². The van der Waals surface area contributed by atoms with Crippen LogP contribution in [0.5, 0.6) is 0 Å². The van der Waals surface area contributed by atoms with E-state index in [0.717, 1.165) is 29.3 Å². The molecule has 0 aliphatic carbocycles. The Morgan fingerprint density at radius 2 is 2.00 bits per heavy atom. The average molecular weight is 338 g/mol. The third-order valence-electron chi connectivity index (χ3n) is 3.27. The fraction of sp³-hybridized carbons (Fsp3) is 0.467. The Balaban J connectivity index is 2.03. The molecule has 1 aromatic carbocycles.